The smallest absolute Gasteiger partial charge is 0.192 e. The number of rotatable bonds is 2. The SMILES string of the molecule is C#C[C@@H]1C[C@H]1O[Si](C)(C)C(C)(C)C. The van der Waals surface area contributed by atoms with Crippen molar-refractivity contribution < 1.29 is 4.43 Å². The molecule has 1 aliphatic carbocycles. The van der Waals surface area contributed by atoms with Crippen LogP contribution in [0.1, 0.15) is 27.2 Å². The van der Waals surface area contributed by atoms with E-state index in [0.717, 1.165) is 6.42 Å². The van der Waals surface area contributed by atoms with Crippen molar-refractivity contribution in [3.05, 3.63) is 0 Å². The Balaban J connectivity index is 2.50. The zero-order valence-corrected chi connectivity index (χ0v) is 10.3. The summed E-state index contributed by atoms with van der Waals surface area (Å²) in [5.74, 6) is 3.16. The van der Waals surface area contributed by atoms with Gasteiger partial charge >= 0.3 is 0 Å². The molecule has 1 nitrogen and oxygen atoms in total. The topological polar surface area (TPSA) is 9.23 Å². The fourth-order valence-electron chi connectivity index (χ4n) is 1.03. The molecule has 0 heterocycles. The lowest BCUT2D eigenvalue weighted by molar-refractivity contribution is 0.265. The number of hydrogen-bond acceptors (Lipinski definition) is 1. The van der Waals surface area contributed by atoms with Gasteiger partial charge in [-0.3, -0.25) is 0 Å². The van der Waals surface area contributed by atoms with Gasteiger partial charge in [-0.05, 0) is 24.6 Å². The van der Waals surface area contributed by atoms with Gasteiger partial charge in [0.1, 0.15) is 0 Å². The molecule has 13 heavy (non-hydrogen) atoms. The van der Waals surface area contributed by atoms with Crippen LogP contribution < -0.4 is 0 Å². The Kier molecular flexibility index (Phi) is 2.62. The van der Waals surface area contributed by atoms with E-state index in [9.17, 15) is 0 Å². The molecule has 0 amide bonds. The zero-order chi connectivity index (χ0) is 10.3. The van der Waals surface area contributed by atoms with Crippen LogP contribution in [0.25, 0.3) is 0 Å². The standard InChI is InChI=1S/C11H20OSi/c1-7-9-8-10(9)12-13(5,6)11(2,3)4/h1,9-10H,8H2,2-6H3/t9-,10-/m1/s1. The van der Waals surface area contributed by atoms with E-state index in [0.29, 0.717) is 17.1 Å². The summed E-state index contributed by atoms with van der Waals surface area (Å²) >= 11 is 0. The highest BCUT2D eigenvalue weighted by Gasteiger charge is 2.46. The summed E-state index contributed by atoms with van der Waals surface area (Å²) in [5.41, 5.74) is 0. The molecule has 74 valence electrons. The Hall–Kier alpha value is -0.263. The first kappa shape index (κ1) is 10.8. The van der Waals surface area contributed by atoms with Gasteiger partial charge in [0.15, 0.2) is 8.32 Å². The maximum Gasteiger partial charge on any atom is 0.192 e. The summed E-state index contributed by atoms with van der Waals surface area (Å²) in [7, 11) is -1.56. The van der Waals surface area contributed by atoms with Crippen molar-refractivity contribution in [2.45, 2.75) is 51.4 Å². The maximum atomic E-state index is 6.11. The molecule has 1 fully saturated rings. The molecule has 0 N–H and O–H groups in total. The molecular formula is C11H20OSi. The lowest BCUT2D eigenvalue weighted by Crippen LogP contribution is -2.41. The van der Waals surface area contributed by atoms with Gasteiger partial charge in [0.2, 0.25) is 0 Å². The molecule has 0 bridgehead atoms. The van der Waals surface area contributed by atoms with Crippen LogP contribution in [0.3, 0.4) is 0 Å². The molecule has 0 spiro atoms. The van der Waals surface area contributed by atoms with Crippen molar-refractivity contribution in [1.29, 1.82) is 0 Å². The van der Waals surface area contributed by atoms with Crippen LogP contribution in [-0.2, 0) is 4.43 Å². The van der Waals surface area contributed by atoms with E-state index in [4.69, 9.17) is 10.8 Å². The maximum absolute atomic E-state index is 6.11. The van der Waals surface area contributed by atoms with E-state index < -0.39 is 8.32 Å². The Morgan fingerprint density at radius 2 is 1.92 bits per heavy atom. The van der Waals surface area contributed by atoms with E-state index in [1.807, 2.05) is 0 Å². The van der Waals surface area contributed by atoms with Crippen LogP contribution in [0.2, 0.25) is 18.1 Å². The predicted octanol–water partition coefficient (Wildman–Crippen LogP) is 3.03. The highest BCUT2D eigenvalue weighted by atomic mass is 28.4. The summed E-state index contributed by atoms with van der Waals surface area (Å²) in [4.78, 5) is 0. The molecule has 0 saturated heterocycles. The fourth-order valence-corrected chi connectivity index (χ4v) is 2.40. The summed E-state index contributed by atoms with van der Waals surface area (Å²) in [5, 5.41) is 0.300. The first-order valence-electron chi connectivity index (χ1n) is 4.92. The average Bonchev–Trinajstić information content (AvgIpc) is 2.63. The molecule has 1 aliphatic rings. The highest BCUT2D eigenvalue weighted by Crippen LogP contribution is 2.43. The Labute approximate surface area is 83.0 Å². The van der Waals surface area contributed by atoms with Gasteiger partial charge in [-0.2, -0.15) is 0 Å². The lowest BCUT2D eigenvalue weighted by Gasteiger charge is -2.36. The third kappa shape index (κ3) is 2.36. The molecule has 1 saturated carbocycles. The van der Waals surface area contributed by atoms with Gasteiger partial charge in [-0.1, -0.05) is 20.8 Å². The Morgan fingerprint density at radius 1 is 1.38 bits per heavy atom. The van der Waals surface area contributed by atoms with Crippen molar-refractivity contribution in [3.63, 3.8) is 0 Å². The van der Waals surface area contributed by atoms with Crippen LogP contribution in [0.15, 0.2) is 0 Å². The van der Waals surface area contributed by atoms with Crippen LogP contribution in [0.5, 0.6) is 0 Å². The molecule has 0 aromatic rings. The summed E-state index contributed by atoms with van der Waals surface area (Å²) < 4.78 is 6.11. The van der Waals surface area contributed by atoms with Crippen LogP contribution in [0, 0.1) is 18.3 Å². The van der Waals surface area contributed by atoms with Gasteiger partial charge < -0.3 is 4.43 Å². The van der Waals surface area contributed by atoms with Crippen molar-refractivity contribution in [1.82, 2.24) is 0 Å². The zero-order valence-electron chi connectivity index (χ0n) is 9.35. The summed E-state index contributed by atoms with van der Waals surface area (Å²) in [6, 6.07) is 0. The van der Waals surface area contributed by atoms with E-state index in [2.05, 4.69) is 39.8 Å². The second-order valence-corrected chi connectivity index (χ2v) is 10.2. The largest absolute Gasteiger partial charge is 0.413 e. The predicted molar refractivity (Wildman–Crippen MR) is 59.0 cm³/mol. The van der Waals surface area contributed by atoms with Crippen molar-refractivity contribution >= 4 is 8.32 Å². The number of hydrogen-bond donors (Lipinski definition) is 0. The molecule has 0 aromatic heterocycles. The van der Waals surface area contributed by atoms with Crippen molar-refractivity contribution in [2.75, 3.05) is 0 Å². The summed E-state index contributed by atoms with van der Waals surface area (Å²) in [6.07, 6.45) is 6.78. The molecular weight excluding hydrogens is 176 g/mol. The normalized spacial score (nSPS) is 28.3. The molecule has 0 radical (unpaired) electrons. The van der Waals surface area contributed by atoms with Crippen LogP contribution >= 0.6 is 0 Å². The molecule has 0 unspecified atom stereocenters. The van der Waals surface area contributed by atoms with Gasteiger partial charge in [-0.25, -0.2) is 0 Å². The minimum atomic E-state index is -1.56. The highest BCUT2D eigenvalue weighted by molar-refractivity contribution is 6.74. The van der Waals surface area contributed by atoms with E-state index in [1.54, 1.807) is 0 Å². The van der Waals surface area contributed by atoms with Gasteiger partial charge in [-0.15, -0.1) is 12.3 Å². The van der Waals surface area contributed by atoms with Crippen LogP contribution in [-0.4, -0.2) is 14.4 Å². The monoisotopic (exact) mass is 196 g/mol. The molecule has 2 heteroatoms. The fraction of sp³-hybridized carbons (Fsp3) is 0.818. The van der Waals surface area contributed by atoms with Gasteiger partial charge in [0, 0.05) is 5.92 Å². The Bertz CT molecular complexity index is 231. The third-order valence-electron chi connectivity index (χ3n) is 3.20. The molecule has 0 aliphatic heterocycles. The van der Waals surface area contributed by atoms with E-state index >= 15 is 0 Å². The molecule has 0 aromatic carbocycles. The quantitative estimate of drug-likeness (QED) is 0.487. The van der Waals surface area contributed by atoms with E-state index in [-0.39, 0.29) is 0 Å². The van der Waals surface area contributed by atoms with Gasteiger partial charge in [0.25, 0.3) is 0 Å². The first-order valence-corrected chi connectivity index (χ1v) is 7.83. The lowest BCUT2D eigenvalue weighted by atomic mass is 10.2. The second kappa shape index (κ2) is 3.15. The van der Waals surface area contributed by atoms with Gasteiger partial charge in [0.05, 0.1) is 6.10 Å². The minimum absolute atomic E-state index is 0.300. The number of terminal acetylenes is 1. The minimum Gasteiger partial charge on any atom is -0.413 e. The molecule has 2 atom stereocenters. The molecule has 1 rings (SSSR count). The Morgan fingerprint density at radius 3 is 2.23 bits per heavy atom. The summed E-state index contributed by atoms with van der Waals surface area (Å²) in [6.45, 7) is 11.3. The third-order valence-corrected chi connectivity index (χ3v) is 7.70. The second-order valence-electron chi connectivity index (χ2n) is 5.43. The first-order chi connectivity index (χ1) is 5.78. The van der Waals surface area contributed by atoms with Crippen molar-refractivity contribution in [2.24, 2.45) is 5.92 Å². The van der Waals surface area contributed by atoms with E-state index in [1.165, 1.54) is 0 Å². The van der Waals surface area contributed by atoms with Crippen molar-refractivity contribution in [3.8, 4) is 12.3 Å². The average molecular weight is 196 g/mol. The van der Waals surface area contributed by atoms with Crippen LogP contribution in [0.4, 0.5) is 0 Å².